The summed E-state index contributed by atoms with van der Waals surface area (Å²) in [6.07, 6.45) is 3.39. The third kappa shape index (κ3) is 2.25. The van der Waals surface area contributed by atoms with Crippen LogP contribution in [-0.4, -0.2) is 10.9 Å². The van der Waals surface area contributed by atoms with Crippen LogP contribution in [0.15, 0.2) is 60.8 Å². The standard InChI is InChI=1S/C19H16N2O/c22-19(16-11-14-5-1-2-6-15(14)12-16)21-17-9-3-7-13-8-4-10-20-18(13)17/h1-10,16H,11-12H2,(H,21,22). The molecule has 3 nitrogen and oxygen atoms in total. The Bertz CT molecular complexity index is 826. The van der Waals surface area contributed by atoms with E-state index < -0.39 is 0 Å². The van der Waals surface area contributed by atoms with E-state index in [9.17, 15) is 4.79 Å². The number of pyridine rings is 1. The molecule has 0 atom stereocenters. The first-order valence-electron chi connectivity index (χ1n) is 7.52. The Morgan fingerprint density at radius 2 is 1.68 bits per heavy atom. The van der Waals surface area contributed by atoms with Crippen molar-refractivity contribution in [2.24, 2.45) is 5.92 Å². The number of carbonyl (C=O) groups is 1. The van der Waals surface area contributed by atoms with Crippen LogP contribution in [0, 0.1) is 5.92 Å². The molecule has 4 rings (SSSR count). The fraction of sp³-hybridized carbons (Fsp3) is 0.158. The van der Waals surface area contributed by atoms with Crippen molar-refractivity contribution in [3.05, 3.63) is 71.9 Å². The molecule has 108 valence electrons. The lowest BCUT2D eigenvalue weighted by Crippen LogP contribution is -2.23. The number of nitrogens with zero attached hydrogens (tertiary/aromatic N) is 1. The second-order valence-electron chi connectivity index (χ2n) is 5.74. The van der Waals surface area contributed by atoms with E-state index in [1.54, 1.807) is 6.20 Å². The van der Waals surface area contributed by atoms with Crippen molar-refractivity contribution in [1.29, 1.82) is 0 Å². The molecule has 1 heterocycles. The monoisotopic (exact) mass is 288 g/mol. The number of aromatic nitrogens is 1. The van der Waals surface area contributed by atoms with E-state index in [2.05, 4.69) is 22.4 Å². The van der Waals surface area contributed by atoms with Crippen molar-refractivity contribution in [3.8, 4) is 0 Å². The molecule has 0 fully saturated rings. The van der Waals surface area contributed by atoms with E-state index >= 15 is 0 Å². The minimum absolute atomic E-state index is 0.0105. The van der Waals surface area contributed by atoms with Crippen LogP contribution in [0.4, 0.5) is 5.69 Å². The Morgan fingerprint density at radius 1 is 0.955 bits per heavy atom. The lowest BCUT2D eigenvalue weighted by atomic mass is 10.1. The van der Waals surface area contributed by atoms with Crippen molar-refractivity contribution in [3.63, 3.8) is 0 Å². The topological polar surface area (TPSA) is 42.0 Å². The Morgan fingerprint density at radius 3 is 2.45 bits per heavy atom. The maximum Gasteiger partial charge on any atom is 0.228 e. The summed E-state index contributed by atoms with van der Waals surface area (Å²) in [6, 6.07) is 18.1. The molecule has 0 radical (unpaired) electrons. The van der Waals surface area contributed by atoms with Crippen molar-refractivity contribution in [2.75, 3.05) is 5.32 Å². The van der Waals surface area contributed by atoms with E-state index in [4.69, 9.17) is 0 Å². The van der Waals surface area contributed by atoms with E-state index in [-0.39, 0.29) is 11.8 Å². The van der Waals surface area contributed by atoms with E-state index in [1.165, 1.54) is 11.1 Å². The van der Waals surface area contributed by atoms with Gasteiger partial charge in [0.05, 0.1) is 11.2 Å². The highest BCUT2D eigenvalue weighted by Crippen LogP contribution is 2.28. The number of hydrogen-bond donors (Lipinski definition) is 1. The van der Waals surface area contributed by atoms with E-state index in [0.29, 0.717) is 0 Å². The summed E-state index contributed by atoms with van der Waals surface area (Å²) < 4.78 is 0. The van der Waals surface area contributed by atoms with Crippen LogP contribution in [0.2, 0.25) is 0 Å². The quantitative estimate of drug-likeness (QED) is 0.783. The van der Waals surface area contributed by atoms with E-state index in [1.807, 2.05) is 42.5 Å². The van der Waals surface area contributed by atoms with Gasteiger partial charge in [0.25, 0.3) is 0 Å². The largest absolute Gasteiger partial charge is 0.324 e. The Hall–Kier alpha value is -2.68. The van der Waals surface area contributed by atoms with Gasteiger partial charge in [-0.05, 0) is 36.1 Å². The fourth-order valence-electron chi connectivity index (χ4n) is 3.18. The zero-order valence-electron chi connectivity index (χ0n) is 12.1. The molecular weight excluding hydrogens is 272 g/mol. The maximum absolute atomic E-state index is 12.6. The molecule has 3 heteroatoms. The van der Waals surface area contributed by atoms with Gasteiger partial charge >= 0.3 is 0 Å². The fourth-order valence-corrected chi connectivity index (χ4v) is 3.18. The van der Waals surface area contributed by atoms with Crippen LogP contribution in [0.5, 0.6) is 0 Å². The number of para-hydroxylation sites is 1. The predicted molar refractivity (Wildman–Crippen MR) is 87.7 cm³/mol. The molecule has 0 saturated carbocycles. The molecule has 0 saturated heterocycles. The van der Waals surface area contributed by atoms with Crippen LogP contribution in [0.25, 0.3) is 10.9 Å². The average molecular weight is 288 g/mol. The zero-order chi connectivity index (χ0) is 14.9. The predicted octanol–water partition coefficient (Wildman–Crippen LogP) is 3.59. The number of rotatable bonds is 2. The van der Waals surface area contributed by atoms with Crippen LogP contribution in [-0.2, 0) is 17.6 Å². The number of nitrogens with one attached hydrogen (secondary N) is 1. The summed E-state index contributed by atoms with van der Waals surface area (Å²) in [5.74, 6) is 0.0886. The molecule has 0 spiro atoms. The third-order valence-corrected chi connectivity index (χ3v) is 4.31. The number of carbonyl (C=O) groups excluding carboxylic acids is 1. The molecule has 1 N–H and O–H groups in total. The van der Waals surface area contributed by atoms with E-state index in [0.717, 1.165) is 29.4 Å². The minimum Gasteiger partial charge on any atom is -0.324 e. The van der Waals surface area contributed by atoms with Gasteiger partial charge in [0.1, 0.15) is 0 Å². The summed E-state index contributed by atoms with van der Waals surface area (Å²) >= 11 is 0. The highest BCUT2D eigenvalue weighted by Gasteiger charge is 2.27. The van der Waals surface area contributed by atoms with Gasteiger partial charge in [0.15, 0.2) is 0 Å². The van der Waals surface area contributed by atoms with Crippen molar-refractivity contribution < 1.29 is 4.79 Å². The third-order valence-electron chi connectivity index (χ3n) is 4.31. The molecule has 1 aromatic heterocycles. The van der Waals surface area contributed by atoms with Gasteiger partial charge in [-0.15, -0.1) is 0 Å². The molecule has 0 bridgehead atoms. The second-order valence-corrected chi connectivity index (χ2v) is 5.74. The van der Waals surface area contributed by atoms with Crippen molar-refractivity contribution in [2.45, 2.75) is 12.8 Å². The summed E-state index contributed by atoms with van der Waals surface area (Å²) in [5, 5.41) is 4.10. The molecular formula is C19H16N2O. The van der Waals surface area contributed by atoms with Crippen LogP contribution < -0.4 is 5.32 Å². The smallest absolute Gasteiger partial charge is 0.228 e. The highest BCUT2D eigenvalue weighted by atomic mass is 16.1. The lowest BCUT2D eigenvalue weighted by Gasteiger charge is -2.12. The SMILES string of the molecule is O=C(Nc1cccc2cccnc12)C1Cc2ccccc2C1. The first-order valence-corrected chi connectivity index (χ1v) is 7.52. The van der Waals surface area contributed by atoms with Gasteiger partial charge in [-0.25, -0.2) is 0 Å². The highest BCUT2D eigenvalue weighted by molar-refractivity contribution is 6.01. The molecule has 1 aliphatic rings. The van der Waals surface area contributed by atoms with Crippen molar-refractivity contribution >= 4 is 22.5 Å². The number of fused-ring (bicyclic) bond motifs is 2. The summed E-state index contributed by atoms with van der Waals surface area (Å²) in [5.41, 5.74) is 4.21. The molecule has 0 unspecified atom stereocenters. The first kappa shape index (κ1) is 13.0. The first-order chi connectivity index (χ1) is 10.8. The van der Waals surface area contributed by atoms with Gasteiger partial charge in [-0.1, -0.05) is 42.5 Å². The average Bonchev–Trinajstić information content (AvgIpc) is 2.99. The Labute approximate surface area is 129 Å². The maximum atomic E-state index is 12.6. The normalized spacial score (nSPS) is 14.0. The Balaban J connectivity index is 1.58. The van der Waals surface area contributed by atoms with Crippen molar-refractivity contribution in [1.82, 2.24) is 4.98 Å². The number of benzene rings is 2. The molecule has 1 amide bonds. The molecule has 1 aliphatic carbocycles. The summed E-state index contributed by atoms with van der Waals surface area (Å²) in [4.78, 5) is 17.0. The summed E-state index contributed by atoms with van der Waals surface area (Å²) in [6.45, 7) is 0. The van der Waals surface area contributed by atoms with Gasteiger partial charge in [0, 0.05) is 17.5 Å². The molecule has 2 aromatic carbocycles. The second kappa shape index (κ2) is 5.26. The molecule has 0 aliphatic heterocycles. The van der Waals surface area contributed by atoms with Crippen LogP contribution in [0.3, 0.4) is 0 Å². The number of anilines is 1. The van der Waals surface area contributed by atoms with Gasteiger partial charge < -0.3 is 5.32 Å². The molecule has 22 heavy (non-hydrogen) atoms. The molecule has 3 aromatic rings. The van der Waals surface area contributed by atoms with Gasteiger partial charge in [0.2, 0.25) is 5.91 Å². The van der Waals surface area contributed by atoms with Gasteiger partial charge in [-0.3, -0.25) is 9.78 Å². The summed E-state index contributed by atoms with van der Waals surface area (Å²) in [7, 11) is 0. The van der Waals surface area contributed by atoms with Crippen LogP contribution in [0.1, 0.15) is 11.1 Å². The Kier molecular flexibility index (Phi) is 3.11. The number of hydrogen-bond acceptors (Lipinski definition) is 2. The zero-order valence-corrected chi connectivity index (χ0v) is 12.1. The number of amides is 1. The van der Waals surface area contributed by atoms with Gasteiger partial charge in [-0.2, -0.15) is 0 Å². The minimum atomic E-state index is 0.0105. The lowest BCUT2D eigenvalue weighted by molar-refractivity contribution is -0.119. The van der Waals surface area contributed by atoms with Crippen LogP contribution >= 0.6 is 0 Å².